The predicted molar refractivity (Wildman–Crippen MR) is 98.1 cm³/mol. The normalized spacial score (nSPS) is 19.7. The van der Waals surface area contributed by atoms with Gasteiger partial charge in [-0.25, -0.2) is 23.6 Å². The lowest BCUT2D eigenvalue weighted by Crippen LogP contribution is -3.11. The Morgan fingerprint density at radius 1 is 0.966 bits per heavy atom. The first-order chi connectivity index (χ1) is 13.7. The maximum absolute atomic E-state index is 8.49. The highest BCUT2D eigenvalue weighted by Crippen LogP contribution is 2.34. The molecule has 2 aromatic carbocycles. The summed E-state index contributed by atoms with van der Waals surface area (Å²) in [5.41, 5.74) is 3.74. The Labute approximate surface area is 173 Å². The Morgan fingerprint density at radius 2 is 1.48 bits per heavy atom. The summed E-state index contributed by atoms with van der Waals surface area (Å²) < 4.78 is 40.3. The van der Waals surface area contributed by atoms with Crippen LogP contribution in [0.4, 0.5) is 0 Å². The van der Waals surface area contributed by atoms with E-state index in [1.807, 2.05) is 0 Å². The van der Waals surface area contributed by atoms with E-state index in [1.54, 1.807) is 0 Å². The van der Waals surface area contributed by atoms with E-state index in [-0.39, 0.29) is 6.04 Å². The molecule has 8 heteroatoms. The summed E-state index contributed by atoms with van der Waals surface area (Å²) in [5, 5.41) is 3.60. The van der Waals surface area contributed by atoms with Crippen molar-refractivity contribution in [2.24, 2.45) is 0 Å². The second-order valence-electron chi connectivity index (χ2n) is 6.69. The van der Waals surface area contributed by atoms with Crippen molar-refractivity contribution >= 4 is 5.70 Å². The number of nitrogens with zero attached hydrogens (tertiary/aromatic N) is 1. The summed E-state index contributed by atoms with van der Waals surface area (Å²) in [4.78, 5) is 0. The minimum absolute atomic E-state index is 0.151. The number of unbranched alkanes of at least 4 members (excludes halogenated alkanes) is 1. The molecule has 2 unspecified atom stereocenters. The van der Waals surface area contributed by atoms with Gasteiger partial charge in [-0.15, -0.1) is 15.3 Å². The molecule has 29 heavy (non-hydrogen) atoms. The maximum Gasteiger partial charge on any atom is 0.198 e. The number of benzene rings is 2. The number of hydrogen-bond acceptors (Lipinski definition) is 6. The molecular formula is C21H27ClN2O5. The Balaban J connectivity index is 0.000000537. The highest BCUT2D eigenvalue weighted by atomic mass is 35.7. The molecule has 1 N–H and O–H groups in total. The third kappa shape index (κ3) is 6.80. The van der Waals surface area contributed by atoms with E-state index >= 15 is 0 Å². The topological polar surface area (TPSA) is 109 Å². The van der Waals surface area contributed by atoms with Crippen molar-refractivity contribution in [2.45, 2.75) is 25.8 Å². The molecule has 1 aliphatic heterocycles. The lowest BCUT2D eigenvalue weighted by Gasteiger charge is -2.23. The monoisotopic (exact) mass is 422 g/mol. The third-order valence-electron chi connectivity index (χ3n) is 4.71. The molecule has 1 aliphatic rings. The van der Waals surface area contributed by atoms with Crippen molar-refractivity contribution in [3.05, 3.63) is 77.5 Å². The number of likely N-dealkylation sites (N-methyl/N-ethyl adjacent to an activating group) is 1. The van der Waals surface area contributed by atoms with Crippen molar-refractivity contribution in [3.63, 3.8) is 0 Å². The van der Waals surface area contributed by atoms with Gasteiger partial charge >= 0.3 is 0 Å². The van der Waals surface area contributed by atoms with Gasteiger partial charge in [-0.3, -0.25) is 0 Å². The molecule has 3 rings (SSSR count). The first-order valence-electron chi connectivity index (χ1n) is 9.39. The molecule has 1 heterocycles. The minimum Gasteiger partial charge on any atom is -0.490 e. The Hall–Kier alpha value is -1.97. The average molecular weight is 423 g/mol. The molecule has 0 saturated heterocycles. The molecule has 158 valence electrons. The molecule has 0 fully saturated rings. The summed E-state index contributed by atoms with van der Waals surface area (Å²) in [5.74, 6) is 1.08. The van der Waals surface area contributed by atoms with Crippen LogP contribution in [-0.2, 0) is 4.74 Å². The summed E-state index contributed by atoms with van der Waals surface area (Å²) in [6.45, 7) is 2.97. The Kier molecular flexibility index (Phi) is 8.60. The van der Waals surface area contributed by atoms with Crippen LogP contribution in [0.1, 0.15) is 36.9 Å². The van der Waals surface area contributed by atoms with E-state index in [4.69, 9.17) is 23.4 Å². The van der Waals surface area contributed by atoms with Gasteiger partial charge in [0.1, 0.15) is 6.04 Å². The molecule has 7 nitrogen and oxygen atoms in total. The molecule has 0 bridgehead atoms. The molecule has 2 atom stereocenters. The van der Waals surface area contributed by atoms with Crippen LogP contribution in [0.15, 0.2) is 66.4 Å². The fourth-order valence-electron chi connectivity index (χ4n) is 3.30. The SMILES string of the molecule is CCCCOC1=C(c2ccccc2)[NH+](C)N(C)C1c1ccccc1.[O-][Cl+3]([O-])([O-])[O-]. The van der Waals surface area contributed by atoms with Gasteiger partial charge in [-0.1, -0.05) is 61.9 Å². The van der Waals surface area contributed by atoms with E-state index < -0.39 is 10.2 Å². The zero-order valence-corrected chi connectivity index (χ0v) is 17.6. The average Bonchev–Trinajstić information content (AvgIpc) is 2.92. The number of hydrogen-bond donors (Lipinski definition) is 1. The maximum atomic E-state index is 8.49. The van der Waals surface area contributed by atoms with Crippen LogP contribution in [0.2, 0.25) is 0 Å². The van der Waals surface area contributed by atoms with Crippen molar-refractivity contribution in [2.75, 3.05) is 20.7 Å². The number of quaternary nitrogens is 1. The van der Waals surface area contributed by atoms with E-state index in [0.29, 0.717) is 0 Å². The summed E-state index contributed by atoms with van der Waals surface area (Å²) in [6.07, 6.45) is 2.22. The van der Waals surface area contributed by atoms with Crippen LogP contribution in [0.3, 0.4) is 0 Å². The zero-order chi connectivity index (χ0) is 21.4. The van der Waals surface area contributed by atoms with Crippen molar-refractivity contribution in [3.8, 4) is 0 Å². The molecule has 0 radical (unpaired) electrons. The van der Waals surface area contributed by atoms with E-state index in [9.17, 15) is 0 Å². The van der Waals surface area contributed by atoms with Crippen LogP contribution < -0.4 is 23.6 Å². The fourth-order valence-corrected chi connectivity index (χ4v) is 3.30. The van der Waals surface area contributed by atoms with Gasteiger partial charge in [0.05, 0.1) is 13.7 Å². The van der Waals surface area contributed by atoms with Crippen LogP contribution in [0.25, 0.3) is 5.70 Å². The van der Waals surface area contributed by atoms with Crippen LogP contribution in [0, 0.1) is 10.2 Å². The van der Waals surface area contributed by atoms with Gasteiger partial charge in [0, 0.05) is 12.6 Å². The lowest BCUT2D eigenvalue weighted by atomic mass is 10.0. The predicted octanol–water partition coefficient (Wildman–Crippen LogP) is -1.47. The number of rotatable bonds is 6. The van der Waals surface area contributed by atoms with Gasteiger partial charge in [0.25, 0.3) is 0 Å². The Bertz CT molecular complexity index is 775. The van der Waals surface area contributed by atoms with Gasteiger partial charge in [-0.05, 0) is 24.1 Å². The second-order valence-corrected chi connectivity index (χ2v) is 7.45. The first-order valence-corrected chi connectivity index (χ1v) is 10.6. The minimum atomic E-state index is -4.94. The van der Waals surface area contributed by atoms with Gasteiger partial charge in [0.2, 0.25) is 0 Å². The summed E-state index contributed by atoms with van der Waals surface area (Å²) >= 11 is 0. The first kappa shape index (κ1) is 23.3. The van der Waals surface area contributed by atoms with Crippen molar-refractivity contribution in [1.29, 1.82) is 0 Å². The molecule has 0 amide bonds. The Morgan fingerprint density at radius 3 is 2.00 bits per heavy atom. The van der Waals surface area contributed by atoms with E-state index in [2.05, 4.69) is 86.7 Å². The van der Waals surface area contributed by atoms with E-state index in [1.165, 1.54) is 21.8 Å². The van der Waals surface area contributed by atoms with Gasteiger partial charge in [0.15, 0.2) is 11.5 Å². The number of nitrogens with one attached hydrogen (secondary N) is 1. The third-order valence-corrected chi connectivity index (χ3v) is 4.71. The molecular weight excluding hydrogens is 396 g/mol. The number of halogens is 1. The zero-order valence-electron chi connectivity index (χ0n) is 16.8. The molecule has 0 saturated carbocycles. The molecule has 0 spiro atoms. The van der Waals surface area contributed by atoms with Crippen LogP contribution in [0.5, 0.6) is 0 Å². The van der Waals surface area contributed by atoms with E-state index in [0.717, 1.165) is 25.2 Å². The van der Waals surface area contributed by atoms with Gasteiger partial charge in [-0.2, -0.15) is 0 Å². The largest absolute Gasteiger partial charge is 0.490 e. The molecule has 0 aromatic heterocycles. The quantitative estimate of drug-likeness (QED) is 0.569. The van der Waals surface area contributed by atoms with Crippen LogP contribution >= 0.6 is 0 Å². The van der Waals surface area contributed by atoms with Crippen molar-refractivity contribution < 1.29 is 38.6 Å². The van der Waals surface area contributed by atoms with Crippen molar-refractivity contribution in [1.82, 2.24) is 5.01 Å². The summed E-state index contributed by atoms with van der Waals surface area (Å²) in [7, 11) is -0.597. The standard InChI is InChI=1S/C21H26N2O.ClHO4/c1-4-5-16-24-21-19(17-12-8-6-9-13-17)22(2)23(3)20(21)18-14-10-7-11-15-18;2-1(3,4)5/h6-15,19H,4-5,16H2,1-3H3;(H,2,3,4,5). The smallest absolute Gasteiger partial charge is 0.198 e. The second kappa shape index (κ2) is 10.7. The summed E-state index contributed by atoms with van der Waals surface area (Å²) in [6, 6.07) is 21.4. The fraction of sp³-hybridized carbons (Fsp3) is 0.333. The highest BCUT2D eigenvalue weighted by Gasteiger charge is 2.42. The lowest BCUT2D eigenvalue weighted by molar-refractivity contribution is -2.00. The number of ether oxygens (including phenoxy) is 1. The van der Waals surface area contributed by atoms with Crippen LogP contribution in [-0.4, -0.2) is 25.7 Å². The highest BCUT2D eigenvalue weighted by molar-refractivity contribution is 5.63. The molecule has 2 aromatic rings. The molecule has 0 aliphatic carbocycles. The van der Waals surface area contributed by atoms with Gasteiger partial charge < -0.3 is 4.74 Å².